The number of sulfonamides is 1. The van der Waals surface area contributed by atoms with E-state index >= 15 is 0 Å². The number of rotatable bonds is 5. The molecule has 0 saturated carbocycles. The molecule has 0 aliphatic heterocycles. The predicted molar refractivity (Wildman–Crippen MR) is 92.5 cm³/mol. The van der Waals surface area contributed by atoms with Crippen molar-refractivity contribution in [3.8, 4) is 18.1 Å². The smallest absolute Gasteiger partial charge is 0.265 e. The van der Waals surface area contributed by atoms with Gasteiger partial charge < -0.3 is 4.74 Å². The van der Waals surface area contributed by atoms with E-state index in [4.69, 9.17) is 22.8 Å². The van der Waals surface area contributed by atoms with Crippen LogP contribution in [0.25, 0.3) is 0 Å². The lowest BCUT2D eigenvalue weighted by Gasteiger charge is -2.20. The van der Waals surface area contributed by atoms with Crippen molar-refractivity contribution in [2.75, 3.05) is 18.0 Å². The Balaban J connectivity index is 2.31. The van der Waals surface area contributed by atoms with Crippen LogP contribution in [0.15, 0.2) is 47.4 Å². The average molecular weight is 350 g/mol. The molecule has 0 aromatic heterocycles. The Morgan fingerprint density at radius 1 is 1.22 bits per heavy atom. The van der Waals surface area contributed by atoms with Crippen LogP contribution >= 0.6 is 11.6 Å². The number of ether oxygens (including phenoxy) is 1. The van der Waals surface area contributed by atoms with Gasteiger partial charge in [-0.05, 0) is 48.9 Å². The van der Waals surface area contributed by atoms with Gasteiger partial charge in [-0.3, -0.25) is 4.31 Å². The van der Waals surface area contributed by atoms with Crippen molar-refractivity contribution in [3.05, 3.63) is 53.1 Å². The second kappa shape index (κ2) is 6.95. The first kappa shape index (κ1) is 17.2. The zero-order valence-electron chi connectivity index (χ0n) is 12.8. The Bertz CT molecular complexity index is 839. The Labute approximate surface area is 141 Å². The van der Waals surface area contributed by atoms with Crippen molar-refractivity contribution >= 4 is 27.3 Å². The van der Waals surface area contributed by atoms with E-state index in [1.165, 1.54) is 17.4 Å². The molecule has 0 fully saturated rings. The fourth-order valence-corrected chi connectivity index (χ4v) is 3.75. The van der Waals surface area contributed by atoms with Crippen molar-refractivity contribution in [1.82, 2.24) is 0 Å². The highest BCUT2D eigenvalue weighted by molar-refractivity contribution is 7.93. The molecule has 0 saturated heterocycles. The largest absolute Gasteiger partial charge is 0.481 e. The maximum atomic E-state index is 12.7. The molecule has 0 aliphatic rings. The van der Waals surface area contributed by atoms with E-state index in [1.54, 1.807) is 36.4 Å². The summed E-state index contributed by atoms with van der Waals surface area (Å²) in [4.78, 5) is 0.0694. The predicted octanol–water partition coefficient (Wildman–Crippen LogP) is 3.49. The van der Waals surface area contributed by atoms with Gasteiger partial charge in [0.05, 0.1) is 10.7 Å². The molecule has 0 aliphatic carbocycles. The molecule has 0 bridgehead atoms. The van der Waals surface area contributed by atoms with E-state index in [2.05, 4.69) is 5.92 Å². The lowest BCUT2D eigenvalue weighted by atomic mass is 10.2. The van der Waals surface area contributed by atoms with Crippen LogP contribution in [0.4, 0.5) is 5.69 Å². The normalized spacial score (nSPS) is 10.9. The Hall–Kier alpha value is -2.16. The molecular weight excluding hydrogens is 334 g/mol. The molecule has 0 heterocycles. The minimum Gasteiger partial charge on any atom is -0.481 e. The van der Waals surface area contributed by atoms with E-state index < -0.39 is 10.0 Å². The van der Waals surface area contributed by atoms with Gasteiger partial charge in [0.15, 0.2) is 0 Å². The van der Waals surface area contributed by atoms with Gasteiger partial charge in [0.25, 0.3) is 10.0 Å². The number of aryl methyl sites for hydroxylation is 1. The maximum Gasteiger partial charge on any atom is 0.265 e. The maximum absolute atomic E-state index is 12.7. The molecule has 2 aromatic rings. The summed E-state index contributed by atoms with van der Waals surface area (Å²) >= 11 is 6.08. The molecule has 4 nitrogen and oxygen atoms in total. The second-order valence-corrected chi connectivity index (χ2v) is 7.24. The van der Waals surface area contributed by atoms with Crippen LogP contribution in [-0.2, 0) is 10.0 Å². The zero-order chi connectivity index (χ0) is 17.0. The van der Waals surface area contributed by atoms with Gasteiger partial charge >= 0.3 is 0 Å². The first-order valence-electron chi connectivity index (χ1n) is 6.77. The van der Waals surface area contributed by atoms with Gasteiger partial charge in [0, 0.05) is 7.05 Å². The molecule has 0 unspecified atom stereocenters. The molecule has 0 spiro atoms. The van der Waals surface area contributed by atoms with Gasteiger partial charge in [-0.15, -0.1) is 6.42 Å². The summed E-state index contributed by atoms with van der Waals surface area (Å²) < 4.78 is 31.9. The molecular formula is C17H16ClNO3S. The van der Waals surface area contributed by atoms with Gasteiger partial charge in [0.1, 0.15) is 17.3 Å². The number of benzene rings is 2. The van der Waals surface area contributed by atoms with E-state index in [9.17, 15) is 8.42 Å². The van der Waals surface area contributed by atoms with Crippen LogP contribution in [0.3, 0.4) is 0 Å². The monoisotopic (exact) mass is 349 g/mol. The summed E-state index contributed by atoms with van der Waals surface area (Å²) in [5.74, 6) is 2.94. The highest BCUT2D eigenvalue weighted by Crippen LogP contribution is 2.29. The van der Waals surface area contributed by atoms with Gasteiger partial charge in [-0.25, -0.2) is 8.42 Å². The van der Waals surface area contributed by atoms with Crippen LogP contribution in [0.5, 0.6) is 5.75 Å². The van der Waals surface area contributed by atoms with Crippen molar-refractivity contribution in [2.45, 2.75) is 11.8 Å². The SMILES string of the molecule is C#CCOc1ccc(N(C)S(=O)(=O)c2ccc(C)cc2Cl)cc1. The van der Waals surface area contributed by atoms with Crippen molar-refractivity contribution < 1.29 is 13.2 Å². The molecule has 6 heteroatoms. The molecule has 0 radical (unpaired) electrons. The number of nitrogens with zero attached hydrogens (tertiary/aromatic N) is 1. The third-order valence-corrected chi connectivity index (χ3v) is 5.52. The van der Waals surface area contributed by atoms with Crippen molar-refractivity contribution in [3.63, 3.8) is 0 Å². The fourth-order valence-electron chi connectivity index (χ4n) is 1.98. The minimum absolute atomic E-state index is 0.0694. The van der Waals surface area contributed by atoms with E-state index in [-0.39, 0.29) is 16.5 Å². The zero-order valence-corrected chi connectivity index (χ0v) is 14.4. The molecule has 120 valence electrons. The van der Waals surface area contributed by atoms with Crippen LogP contribution in [0.1, 0.15) is 5.56 Å². The fraction of sp³-hybridized carbons (Fsp3) is 0.176. The highest BCUT2D eigenvalue weighted by atomic mass is 35.5. The first-order chi connectivity index (χ1) is 10.9. The summed E-state index contributed by atoms with van der Waals surface area (Å²) in [5.41, 5.74) is 1.39. The standard InChI is InChI=1S/C17H16ClNO3S/c1-4-11-22-15-8-6-14(7-9-15)19(3)23(20,21)17-10-5-13(2)12-16(17)18/h1,5-10,12H,11H2,2-3H3. The van der Waals surface area contributed by atoms with Crippen LogP contribution in [0, 0.1) is 19.3 Å². The third kappa shape index (κ3) is 3.79. The molecule has 2 rings (SSSR count). The van der Waals surface area contributed by atoms with Crippen LogP contribution in [-0.4, -0.2) is 22.1 Å². The molecule has 0 amide bonds. The summed E-state index contributed by atoms with van der Waals surface area (Å²) in [7, 11) is -2.27. The van der Waals surface area contributed by atoms with Gasteiger partial charge in [-0.2, -0.15) is 0 Å². The number of halogens is 1. The highest BCUT2D eigenvalue weighted by Gasteiger charge is 2.24. The summed E-state index contributed by atoms with van der Waals surface area (Å²) in [5, 5.41) is 0.200. The number of anilines is 1. The van der Waals surface area contributed by atoms with Crippen LogP contribution in [0.2, 0.25) is 5.02 Å². The van der Waals surface area contributed by atoms with E-state index in [0.29, 0.717) is 11.4 Å². The first-order valence-corrected chi connectivity index (χ1v) is 8.59. The van der Waals surface area contributed by atoms with E-state index in [0.717, 1.165) is 5.56 Å². The number of hydrogen-bond acceptors (Lipinski definition) is 3. The van der Waals surface area contributed by atoms with Crippen molar-refractivity contribution in [2.24, 2.45) is 0 Å². The topological polar surface area (TPSA) is 46.6 Å². The summed E-state index contributed by atoms with van der Waals surface area (Å²) in [6.45, 7) is 2.01. The number of terminal acetylenes is 1. The summed E-state index contributed by atoms with van der Waals surface area (Å²) in [6.07, 6.45) is 5.13. The summed E-state index contributed by atoms with van der Waals surface area (Å²) in [6, 6.07) is 11.5. The average Bonchev–Trinajstić information content (AvgIpc) is 2.52. The molecule has 23 heavy (non-hydrogen) atoms. The van der Waals surface area contributed by atoms with E-state index in [1.807, 2.05) is 6.92 Å². The number of hydrogen-bond donors (Lipinski definition) is 0. The second-order valence-electron chi connectivity index (χ2n) is 4.89. The molecule has 0 N–H and O–H groups in total. The lowest BCUT2D eigenvalue weighted by molar-refractivity contribution is 0.370. The minimum atomic E-state index is -3.74. The van der Waals surface area contributed by atoms with Gasteiger partial charge in [0.2, 0.25) is 0 Å². The Morgan fingerprint density at radius 3 is 2.43 bits per heavy atom. The molecule has 0 atom stereocenters. The Morgan fingerprint density at radius 2 is 1.87 bits per heavy atom. The Kier molecular flexibility index (Phi) is 5.19. The molecule has 2 aromatic carbocycles. The van der Waals surface area contributed by atoms with Crippen molar-refractivity contribution in [1.29, 1.82) is 0 Å². The third-order valence-electron chi connectivity index (χ3n) is 3.25. The quantitative estimate of drug-likeness (QED) is 0.776. The van der Waals surface area contributed by atoms with Gasteiger partial charge in [-0.1, -0.05) is 23.6 Å². The van der Waals surface area contributed by atoms with Crippen LogP contribution < -0.4 is 9.04 Å². The lowest BCUT2D eigenvalue weighted by Crippen LogP contribution is -2.26.